The number of ether oxygens (including phenoxy) is 2. The first kappa shape index (κ1) is 16.4. The number of hydrogen-bond acceptors (Lipinski definition) is 3. The van der Waals surface area contributed by atoms with Crippen LogP contribution in [0, 0.1) is 0 Å². The van der Waals surface area contributed by atoms with Crippen LogP contribution in [0.15, 0.2) is 53.0 Å². The number of nitrogens with one attached hydrogen (secondary N) is 1. The number of rotatable bonds is 6. The van der Waals surface area contributed by atoms with Gasteiger partial charge < -0.3 is 14.8 Å². The lowest BCUT2D eigenvalue weighted by Crippen LogP contribution is -2.31. The fourth-order valence-electron chi connectivity index (χ4n) is 2.07. The number of para-hydroxylation sites is 2. The van der Waals surface area contributed by atoms with E-state index in [-0.39, 0.29) is 18.6 Å². The van der Waals surface area contributed by atoms with Gasteiger partial charge in [-0.05, 0) is 30.7 Å². The molecule has 0 spiro atoms. The van der Waals surface area contributed by atoms with Crippen LogP contribution in [0.5, 0.6) is 11.5 Å². The van der Waals surface area contributed by atoms with E-state index in [1.807, 2.05) is 43.3 Å². The van der Waals surface area contributed by atoms with Crippen molar-refractivity contribution < 1.29 is 14.3 Å². The molecule has 0 saturated heterocycles. The maximum atomic E-state index is 12.0. The van der Waals surface area contributed by atoms with E-state index in [0.717, 1.165) is 10.0 Å². The maximum Gasteiger partial charge on any atom is 0.258 e. The van der Waals surface area contributed by atoms with E-state index in [0.29, 0.717) is 11.5 Å². The molecule has 1 N–H and O–H groups in total. The molecule has 0 aliphatic carbocycles. The van der Waals surface area contributed by atoms with E-state index >= 15 is 0 Å². The van der Waals surface area contributed by atoms with Crippen molar-refractivity contribution in [3.63, 3.8) is 0 Å². The standard InChI is InChI=1S/C17H18BrNO3/c1-12(13-7-3-4-8-14(13)18)19-17(20)11-22-16-10-6-5-9-15(16)21-2/h3-10,12H,11H2,1-2H3,(H,19,20). The summed E-state index contributed by atoms with van der Waals surface area (Å²) in [6.45, 7) is 1.87. The van der Waals surface area contributed by atoms with E-state index in [4.69, 9.17) is 9.47 Å². The van der Waals surface area contributed by atoms with Crippen LogP contribution in [0.3, 0.4) is 0 Å². The van der Waals surface area contributed by atoms with Gasteiger partial charge in [0.15, 0.2) is 18.1 Å². The molecule has 0 radical (unpaired) electrons. The fraction of sp³-hybridized carbons (Fsp3) is 0.235. The van der Waals surface area contributed by atoms with E-state index in [1.54, 1.807) is 19.2 Å². The summed E-state index contributed by atoms with van der Waals surface area (Å²) in [7, 11) is 1.57. The molecule has 0 heterocycles. The number of amides is 1. The van der Waals surface area contributed by atoms with Gasteiger partial charge in [0.1, 0.15) is 0 Å². The van der Waals surface area contributed by atoms with E-state index in [2.05, 4.69) is 21.2 Å². The van der Waals surface area contributed by atoms with Crippen molar-refractivity contribution >= 4 is 21.8 Å². The number of carbonyl (C=O) groups is 1. The maximum absolute atomic E-state index is 12.0. The fourth-order valence-corrected chi connectivity index (χ4v) is 2.70. The monoisotopic (exact) mass is 363 g/mol. The van der Waals surface area contributed by atoms with Gasteiger partial charge in [-0.1, -0.05) is 46.3 Å². The van der Waals surface area contributed by atoms with Gasteiger partial charge >= 0.3 is 0 Å². The molecule has 22 heavy (non-hydrogen) atoms. The zero-order valence-corrected chi connectivity index (χ0v) is 14.1. The van der Waals surface area contributed by atoms with Crippen LogP contribution in [0.4, 0.5) is 0 Å². The van der Waals surface area contributed by atoms with Crippen molar-refractivity contribution in [3.8, 4) is 11.5 Å². The predicted octanol–water partition coefficient (Wildman–Crippen LogP) is 3.71. The summed E-state index contributed by atoms with van der Waals surface area (Å²) in [4.78, 5) is 12.0. The quantitative estimate of drug-likeness (QED) is 0.850. The summed E-state index contributed by atoms with van der Waals surface area (Å²) in [5, 5.41) is 2.91. The molecule has 0 fully saturated rings. The van der Waals surface area contributed by atoms with Gasteiger partial charge in [-0.2, -0.15) is 0 Å². The minimum Gasteiger partial charge on any atom is -0.493 e. The topological polar surface area (TPSA) is 47.6 Å². The third-order valence-electron chi connectivity index (χ3n) is 3.18. The molecule has 5 heteroatoms. The number of hydrogen-bond donors (Lipinski definition) is 1. The molecule has 0 aliphatic heterocycles. The second-order valence-electron chi connectivity index (χ2n) is 4.75. The van der Waals surface area contributed by atoms with Crippen molar-refractivity contribution in [1.29, 1.82) is 0 Å². The smallest absolute Gasteiger partial charge is 0.258 e. The molecule has 1 unspecified atom stereocenters. The first-order valence-corrected chi connectivity index (χ1v) is 7.70. The van der Waals surface area contributed by atoms with Crippen LogP contribution in [-0.4, -0.2) is 19.6 Å². The van der Waals surface area contributed by atoms with E-state index in [1.165, 1.54) is 0 Å². The molecule has 2 aromatic rings. The van der Waals surface area contributed by atoms with Crippen molar-refractivity contribution in [2.45, 2.75) is 13.0 Å². The molecule has 2 rings (SSSR count). The Labute approximate surface area is 138 Å². The molecule has 2 aromatic carbocycles. The van der Waals surface area contributed by atoms with Gasteiger partial charge in [-0.3, -0.25) is 4.79 Å². The molecular formula is C17H18BrNO3. The largest absolute Gasteiger partial charge is 0.493 e. The van der Waals surface area contributed by atoms with Crippen molar-refractivity contribution in [2.75, 3.05) is 13.7 Å². The minimum atomic E-state index is -0.186. The number of methoxy groups -OCH3 is 1. The van der Waals surface area contributed by atoms with Crippen molar-refractivity contribution in [1.82, 2.24) is 5.32 Å². The Morgan fingerprint density at radius 2 is 1.77 bits per heavy atom. The number of halogens is 1. The van der Waals surface area contributed by atoms with Crippen molar-refractivity contribution in [2.24, 2.45) is 0 Å². The van der Waals surface area contributed by atoms with Crippen LogP contribution >= 0.6 is 15.9 Å². The van der Waals surface area contributed by atoms with E-state index < -0.39 is 0 Å². The third-order valence-corrected chi connectivity index (χ3v) is 3.90. The average molecular weight is 364 g/mol. The van der Waals surface area contributed by atoms with Gasteiger partial charge in [0, 0.05) is 4.47 Å². The lowest BCUT2D eigenvalue weighted by molar-refractivity contribution is -0.123. The molecule has 4 nitrogen and oxygen atoms in total. The van der Waals surface area contributed by atoms with Crippen LogP contribution in [-0.2, 0) is 4.79 Å². The lowest BCUT2D eigenvalue weighted by atomic mass is 10.1. The van der Waals surface area contributed by atoms with Crippen LogP contribution in [0.25, 0.3) is 0 Å². The molecule has 1 atom stereocenters. The van der Waals surface area contributed by atoms with Gasteiger partial charge in [-0.15, -0.1) is 0 Å². The summed E-state index contributed by atoms with van der Waals surface area (Å²) >= 11 is 3.48. The molecule has 0 aliphatic rings. The second kappa shape index (κ2) is 7.84. The molecule has 116 valence electrons. The summed E-state index contributed by atoms with van der Waals surface area (Å²) in [6, 6.07) is 14.9. The highest BCUT2D eigenvalue weighted by Crippen LogP contribution is 2.26. The second-order valence-corrected chi connectivity index (χ2v) is 5.60. The highest BCUT2D eigenvalue weighted by molar-refractivity contribution is 9.10. The Bertz CT molecular complexity index is 645. The van der Waals surface area contributed by atoms with Crippen molar-refractivity contribution in [3.05, 3.63) is 58.6 Å². The normalized spacial score (nSPS) is 11.6. The van der Waals surface area contributed by atoms with Gasteiger partial charge in [0.05, 0.1) is 13.2 Å². The number of carbonyl (C=O) groups excluding carboxylic acids is 1. The van der Waals surface area contributed by atoms with Crippen LogP contribution < -0.4 is 14.8 Å². The summed E-state index contributed by atoms with van der Waals surface area (Å²) < 4.78 is 11.7. The SMILES string of the molecule is COc1ccccc1OCC(=O)NC(C)c1ccccc1Br. The van der Waals surface area contributed by atoms with Gasteiger partial charge in [0.2, 0.25) is 0 Å². The Balaban J connectivity index is 1.92. The minimum absolute atomic E-state index is 0.0604. The van der Waals surface area contributed by atoms with Gasteiger partial charge in [0.25, 0.3) is 5.91 Å². The zero-order chi connectivity index (χ0) is 15.9. The molecule has 1 amide bonds. The zero-order valence-electron chi connectivity index (χ0n) is 12.5. The number of benzene rings is 2. The Morgan fingerprint density at radius 3 is 2.45 bits per heavy atom. The predicted molar refractivity (Wildman–Crippen MR) is 89.2 cm³/mol. The van der Waals surface area contributed by atoms with Gasteiger partial charge in [-0.25, -0.2) is 0 Å². The molecule has 0 bridgehead atoms. The summed E-state index contributed by atoms with van der Waals surface area (Å²) in [5.41, 5.74) is 1.02. The molecule has 0 saturated carbocycles. The first-order valence-electron chi connectivity index (χ1n) is 6.91. The average Bonchev–Trinajstić information content (AvgIpc) is 2.53. The first-order chi connectivity index (χ1) is 10.6. The summed E-state index contributed by atoms with van der Waals surface area (Å²) in [6.07, 6.45) is 0. The highest BCUT2D eigenvalue weighted by Gasteiger charge is 2.13. The Hall–Kier alpha value is -2.01. The third kappa shape index (κ3) is 4.24. The lowest BCUT2D eigenvalue weighted by Gasteiger charge is -2.16. The van der Waals surface area contributed by atoms with E-state index in [9.17, 15) is 4.79 Å². The molecular weight excluding hydrogens is 346 g/mol. The molecule has 0 aromatic heterocycles. The van der Waals surface area contributed by atoms with Crippen LogP contribution in [0.1, 0.15) is 18.5 Å². The Kier molecular flexibility index (Phi) is 5.83. The highest BCUT2D eigenvalue weighted by atomic mass is 79.9. The summed E-state index contributed by atoms with van der Waals surface area (Å²) in [5.74, 6) is 0.969. The Morgan fingerprint density at radius 1 is 1.14 bits per heavy atom. The van der Waals surface area contributed by atoms with Crippen LogP contribution in [0.2, 0.25) is 0 Å².